The summed E-state index contributed by atoms with van der Waals surface area (Å²) in [7, 11) is 0. The maximum atomic E-state index is 9.72. The number of fused-ring (bicyclic) bond motifs is 5. The number of nitriles is 1. The minimum absolute atomic E-state index is 0.114. The molecule has 4 bridgehead atoms. The van der Waals surface area contributed by atoms with E-state index in [2.05, 4.69) is 131 Å². The first-order valence-electron chi connectivity index (χ1n) is 22.2. The van der Waals surface area contributed by atoms with Crippen LogP contribution in [0.15, 0.2) is 109 Å². The molecule has 4 aliphatic carbocycles. The largest absolute Gasteiger partial charge is 0.208 e. The Morgan fingerprint density at radius 2 is 1.02 bits per heavy atom. The molecule has 4 fully saturated rings. The fraction of sp³-hybridized carbons (Fsp3) is 0.407. The van der Waals surface area contributed by atoms with Gasteiger partial charge < -0.3 is 0 Å². The van der Waals surface area contributed by atoms with Crippen molar-refractivity contribution in [2.75, 3.05) is 0 Å². The van der Waals surface area contributed by atoms with Crippen LogP contribution in [-0.2, 0) is 10.8 Å². The second kappa shape index (κ2) is 14.6. The van der Waals surface area contributed by atoms with E-state index in [9.17, 15) is 5.26 Å². The standard InChI is InChI=1S/C54H56N4/c1-34-19-39-20-35(2)28-53(27-34,31-39)46-16-14-42(15-17-46)51-56-50(41-9-6-5-7-10-41)57-52(58-51)45-24-44(48-12-8-11-43-23-38(33-55)13-18-49(43)48)25-47(26-45)54-29-36(3)21-40(32-54)22-37(4)30-54/h5-18,23-26,34-37,39-40H,19-22,27-32H2,1-4H3/t34-,35+,36-,37+,39?,40?,53?,54?. The number of nitrogens with zero attached hydrogens (tertiary/aromatic N) is 4. The fourth-order valence-electron chi connectivity index (χ4n) is 13.3. The summed E-state index contributed by atoms with van der Waals surface area (Å²) >= 11 is 0. The molecule has 6 aromatic rings. The minimum Gasteiger partial charge on any atom is -0.208 e. The van der Waals surface area contributed by atoms with Crippen molar-refractivity contribution >= 4 is 10.8 Å². The van der Waals surface area contributed by atoms with Crippen LogP contribution in [0.4, 0.5) is 0 Å². The molecule has 0 aliphatic heterocycles. The first kappa shape index (κ1) is 37.2. The molecule has 0 amide bonds. The molecule has 58 heavy (non-hydrogen) atoms. The van der Waals surface area contributed by atoms with Gasteiger partial charge in [-0.1, -0.05) is 113 Å². The lowest BCUT2D eigenvalue weighted by molar-refractivity contribution is 0.0779. The van der Waals surface area contributed by atoms with Gasteiger partial charge in [0.1, 0.15) is 0 Å². The van der Waals surface area contributed by atoms with Crippen LogP contribution in [0.1, 0.15) is 109 Å². The third-order valence-electron chi connectivity index (χ3n) is 14.8. The highest BCUT2D eigenvalue weighted by atomic mass is 15.0. The van der Waals surface area contributed by atoms with Crippen LogP contribution in [0.3, 0.4) is 0 Å². The quantitative estimate of drug-likeness (QED) is 0.170. The van der Waals surface area contributed by atoms with Gasteiger partial charge in [0.05, 0.1) is 11.6 Å². The van der Waals surface area contributed by atoms with E-state index < -0.39 is 0 Å². The van der Waals surface area contributed by atoms with Crippen LogP contribution in [-0.4, -0.2) is 15.0 Å². The van der Waals surface area contributed by atoms with Gasteiger partial charge in [-0.3, -0.25) is 0 Å². The smallest absolute Gasteiger partial charge is 0.164 e. The Morgan fingerprint density at radius 1 is 0.483 bits per heavy atom. The Labute approximate surface area is 345 Å². The molecule has 4 unspecified atom stereocenters. The second-order valence-electron chi connectivity index (χ2n) is 19.8. The first-order valence-corrected chi connectivity index (χ1v) is 22.2. The van der Waals surface area contributed by atoms with Gasteiger partial charge in [0.2, 0.25) is 0 Å². The van der Waals surface area contributed by atoms with E-state index in [-0.39, 0.29) is 10.8 Å². The Morgan fingerprint density at radius 3 is 1.60 bits per heavy atom. The highest BCUT2D eigenvalue weighted by molar-refractivity contribution is 5.98. The number of hydrogen-bond donors (Lipinski definition) is 0. The summed E-state index contributed by atoms with van der Waals surface area (Å²) in [6.45, 7) is 9.87. The molecule has 1 heterocycles. The predicted octanol–water partition coefficient (Wildman–Crippen LogP) is 13.8. The van der Waals surface area contributed by atoms with Crippen LogP contribution < -0.4 is 0 Å². The molecule has 0 N–H and O–H groups in total. The third kappa shape index (κ3) is 6.85. The first-order chi connectivity index (χ1) is 28.1. The second-order valence-corrected chi connectivity index (χ2v) is 19.8. The topological polar surface area (TPSA) is 62.5 Å². The molecule has 292 valence electrons. The van der Waals surface area contributed by atoms with Crippen LogP contribution >= 0.6 is 0 Å². The van der Waals surface area contributed by atoms with Crippen molar-refractivity contribution in [3.05, 3.63) is 126 Å². The summed E-state index contributed by atoms with van der Waals surface area (Å²) in [6.07, 6.45) is 13.0. The van der Waals surface area contributed by atoms with Gasteiger partial charge in [0, 0.05) is 16.7 Å². The number of hydrogen-bond acceptors (Lipinski definition) is 4. The van der Waals surface area contributed by atoms with Crippen molar-refractivity contribution in [2.45, 2.75) is 103 Å². The molecule has 0 spiro atoms. The van der Waals surface area contributed by atoms with Gasteiger partial charge in [0.15, 0.2) is 17.5 Å². The Kier molecular flexibility index (Phi) is 9.35. The van der Waals surface area contributed by atoms with Crippen molar-refractivity contribution in [3.8, 4) is 51.4 Å². The van der Waals surface area contributed by atoms with E-state index in [1.165, 1.54) is 86.5 Å². The van der Waals surface area contributed by atoms with Gasteiger partial charge in [-0.2, -0.15) is 5.26 Å². The molecule has 0 saturated heterocycles. The van der Waals surface area contributed by atoms with Crippen LogP contribution in [0.25, 0.3) is 56.1 Å². The molecule has 8 atom stereocenters. The SMILES string of the molecule is C[C@@H]1CC2C[C@H](C)CC(c3ccc(-c4nc(-c5ccccc5)nc(-c5cc(-c6cccc7cc(C#N)ccc67)cc(C67CC(C[C@@H](C)C6)C[C@H](C)C7)c5)n4)cc3)(C2)C1. The molecule has 4 nitrogen and oxygen atoms in total. The van der Waals surface area contributed by atoms with E-state index in [1.807, 2.05) is 12.1 Å². The summed E-state index contributed by atoms with van der Waals surface area (Å²) < 4.78 is 0. The molecular weight excluding hydrogens is 705 g/mol. The number of benzene rings is 5. The zero-order valence-corrected chi connectivity index (χ0v) is 34.7. The maximum absolute atomic E-state index is 9.72. The summed E-state index contributed by atoms with van der Waals surface area (Å²) in [6, 6.07) is 41.9. The van der Waals surface area contributed by atoms with E-state index in [4.69, 9.17) is 15.0 Å². The van der Waals surface area contributed by atoms with Crippen molar-refractivity contribution in [1.82, 2.24) is 15.0 Å². The van der Waals surface area contributed by atoms with Gasteiger partial charge in [-0.05, 0) is 168 Å². The summed E-state index contributed by atoms with van der Waals surface area (Å²) in [5.74, 6) is 6.66. The van der Waals surface area contributed by atoms with Gasteiger partial charge >= 0.3 is 0 Å². The third-order valence-corrected chi connectivity index (χ3v) is 14.8. The molecule has 5 aromatic carbocycles. The van der Waals surface area contributed by atoms with E-state index in [0.29, 0.717) is 29.0 Å². The molecule has 0 radical (unpaired) electrons. The van der Waals surface area contributed by atoms with Crippen molar-refractivity contribution in [1.29, 1.82) is 5.26 Å². The fourth-order valence-corrected chi connectivity index (χ4v) is 13.3. The van der Waals surface area contributed by atoms with Crippen LogP contribution in [0.5, 0.6) is 0 Å². The van der Waals surface area contributed by atoms with E-state index >= 15 is 0 Å². The lowest BCUT2D eigenvalue weighted by Crippen LogP contribution is -2.42. The summed E-state index contributed by atoms with van der Waals surface area (Å²) in [4.78, 5) is 15.9. The van der Waals surface area contributed by atoms with Crippen LogP contribution in [0, 0.1) is 46.8 Å². The molecular formula is C54H56N4. The molecule has 4 saturated carbocycles. The van der Waals surface area contributed by atoms with Gasteiger partial charge in [-0.15, -0.1) is 0 Å². The number of rotatable bonds is 6. The maximum Gasteiger partial charge on any atom is 0.164 e. The Balaban J connectivity index is 1.14. The van der Waals surface area contributed by atoms with Crippen molar-refractivity contribution in [3.63, 3.8) is 0 Å². The Hall–Kier alpha value is -5.14. The van der Waals surface area contributed by atoms with Crippen LogP contribution in [0.2, 0.25) is 0 Å². The average molecular weight is 761 g/mol. The summed E-state index contributed by atoms with van der Waals surface area (Å²) in [5.41, 5.74) is 9.40. The molecule has 4 aliphatic rings. The highest BCUT2D eigenvalue weighted by Gasteiger charge is 2.46. The molecule has 10 rings (SSSR count). The van der Waals surface area contributed by atoms with E-state index in [1.54, 1.807) is 0 Å². The number of aromatic nitrogens is 3. The highest BCUT2D eigenvalue weighted by Crippen LogP contribution is 2.56. The van der Waals surface area contributed by atoms with Gasteiger partial charge in [0.25, 0.3) is 0 Å². The zero-order valence-electron chi connectivity index (χ0n) is 34.7. The summed E-state index contributed by atoms with van der Waals surface area (Å²) in [5, 5.41) is 12.0. The monoisotopic (exact) mass is 760 g/mol. The average Bonchev–Trinajstić information content (AvgIpc) is 3.22. The normalized spacial score (nSPS) is 29.2. The lowest BCUT2D eigenvalue weighted by atomic mass is 9.54. The van der Waals surface area contributed by atoms with Crippen molar-refractivity contribution < 1.29 is 0 Å². The van der Waals surface area contributed by atoms with Gasteiger partial charge in [-0.25, -0.2) is 15.0 Å². The Bertz CT molecular complexity index is 2490. The lowest BCUT2D eigenvalue weighted by Gasteiger charge is -2.50. The van der Waals surface area contributed by atoms with Crippen molar-refractivity contribution in [2.24, 2.45) is 35.5 Å². The minimum atomic E-state index is 0.114. The molecule has 1 aromatic heterocycles. The van der Waals surface area contributed by atoms with E-state index in [0.717, 1.165) is 57.0 Å². The zero-order chi connectivity index (χ0) is 39.6. The molecule has 4 heteroatoms. The predicted molar refractivity (Wildman–Crippen MR) is 237 cm³/mol.